The molecule has 0 saturated carbocycles. The van der Waals surface area contributed by atoms with E-state index in [-0.39, 0.29) is 23.1 Å². The topological polar surface area (TPSA) is 104 Å². The van der Waals surface area contributed by atoms with Gasteiger partial charge in [-0.3, -0.25) is 9.59 Å². The average Bonchev–Trinajstić information content (AvgIpc) is 2.72. The molecule has 1 amide bonds. The molecule has 3 atom stereocenters. The summed E-state index contributed by atoms with van der Waals surface area (Å²) in [6, 6.07) is 6.66. The van der Waals surface area contributed by atoms with Crippen molar-refractivity contribution in [1.82, 2.24) is 10.3 Å². The maximum Gasteiger partial charge on any atom is 0.328 e. The summed E-state index contributed by atoms with van der Waals surface area (Å²) in [6.45, 7) is 10.6. The van der Waals surface area contributed by atoms with E-state index in [9.17, 15) is 14.4 Å². The van der Waals surface area contributed by atoms with Crippen LogP contribution in [0.1, 0.15) is 60.8 Å². The van der Waals surface area contributed by atoms with Gasteiger partial charge < -0.3 is 19.5 Å². The third-order valence-corrected chi connectivity index (χ3v) is 5.17. The normalized spacial score (nSPS) is 13.5. The first-order valence-corrected chi connectivity index (χ1v) is 10.3. The van der Waals surface area contributed by atoms with Gasteiger partial charge in [0.15, 0.2) is 11.4 Å². The van der Waals surface area contributed by atoms with Crippen LogP contribution in [0.3, 0.4) is 0 Å². The molecule has 8 heteroatoms. The van der Waals surface area contributed by atoms with Gasteiger partial charge in [-0.1, -0.05) is 30.7 Å². The number of hydrogen-bond donors (Lipinski definition) is 1. The molecule has 1 N–H and O–H groups in total. The zero-order chi connectivity index (χ0) is 24.0. The monoisotopic (exact) mass is 442 g/mol. The Kier molecular flexibility index (Phi) is 8.34. The summed E-state index contributed by atoms with van der Waals surface area (Å²) in [7, 11) is 1.38. The van der Waals surface area contributed by atoms with Gasteiger partial charge in [-0.25, -0.2) is 9.78 Å². The van der Waals surface area contributed by atoms with Crippen LogP contribution in [0.2, 0.25) is 0 Å². The molecule has 0 bridgehead atoms. The molecule has 1 aromatic heterocycles. The number of aromatic nitrogens is 1. The van der Waals surface area contributed by atoms with E-state index in [1.54, 1.807) is 0 Å². The zero-order valence-corrected chi connectivity index (χ0v) is 19.5. The largest absolute Gasteiger partial charge is 0.493 e. The molecule has 0 unspecified atom stereocenters. The quantitative estimate of drug-likeness (QED) is 0.624. The van der Waals surface area contributed by atoms with Gasteiger partial charge in [0.2, 0.25) is 5.75 Å². The van der Waals surface area contributed by atoms with E-state index in [4.69, 9.17) is 14.2 Å². The maximum atomic E-state index is 12.7. The summed E-state index contributed by atoms with van der Waals surface area (Å²) in [4.78, 5) is 40.7. The van der Waals surface area contributed by atoms with Crippen LogP contribution >= 0.6 is 0 Å². The Hall–Kier alpha value is -3.42. The van der Waals surface area contributed by atoms with Gasteiger partial charge in [0.1, 0.15) is 12.1 Å². The number of amides is 1. The molecule has 0 saturated heterocycles. The van der Waals surface area contributed by atoms with E-state index in [1.165, 1.54) is 38.8 Å². The molecule has 32 heavy (non-hydrogen) atoms. The third kappa shape index (κ3) is 6.06. The van der Waals surface area contributed by atoms with E-state index >= 15 is 0 Å². The summed E-state index contributed by atoms with van der Waals surface area (Å²) < 4.78 is 15.8. The van der Waals surface area contributed by atoms with Gasteiger partial charge in [0, 0.05) is 25.1 Å². The number of rotatable bonds is 8. The number of benzene rings is 1. The number of nitrogens with one attached hydrogen (secondary N) is 1. The predicted molar refractivity (Wildman–Crippen MR) is 119 cm³/mol. The van der Waals surface area contributed by atoms with E-state index in [0.29, 0.717) is 0 Å². The molecule has 2 rings (SSSR count). The highest BCUT2D eigenvalue weighted by Crippen LogP contribution is 2.30. The van der Waals surface area contributed by atoms with Crippen molar-refractivity contribution < 1.29 is 28.6 Å². The Balaban J connectivity index is 2.09. The smallest absolute Gasteiger partial charge is 0.328 e. The van der Waals surface area contributed by atoms with E-state index < -0.39 is 30.0 Å². The predicted octanol–water partition coefficient (Wildman–Crippen LogP) is 3.49. The minimum Gasteiger partial charge on any atom is -0.493 e. The first kappa shape index (κ1) is 24.8. The Bertz CT molecular complexity index is 1000. The van der Waals surface area contributed by atoms with Crippen LogP contribution in [0.4, 0.5) is 0 Å². The standard InChI is InChI=1S/C24H30N2O6/c1-13-8-9-19(14(2)12-13)15(3)17(5)31-24(29)16(4)26-23(28)21-22(32-18(6)27)20(30-7)10-11-25-21/h8-12,15-17H,1-7H3,(H,26,28)/t15-,16+,17+/m1/s1. The van der Waals surface area contributed by atoms with Crippen molar-refractivity contribution in [3.8, 4) is 11.5 Å². The Morgan fingerprint density at radius 2 is 1.75 bits per heavy atom. The fourth-order valence-electron chi connectivity index (χ4n) is 3.30. The summed E-state index contributed by atoms with van der Waals surface area (Å²) in [5.74, 6) is -1.88. The average molecular weight is 443 g/mol. The van der Waals surface area contributed by atoms with Crippen molar-refractivity contribution in [2.45, 2.75) is 59.6 Å². The van der Waals surface area contributed by atoms with Crippen molar-refractivity contribution in [2.24, 2.45) is 0 Å². The van der Waals surface area contributed by atoms with Gasteiger partial charge >= 0.3 is 11.9 Å². The van der Waals surface area contributed by atoms with E-state index in [2.05, 4.69) is 16.4 Å². The highest BCUT2D eigenvalue weighted by atomic mass is 16.6. The van der Waals surface area contributed by atoms with Gasteiger partial charge in [-0.05, 0) is 38.8 Å². The highest BCUT2D eigenvalue weighted by Gasteiger charge is 2.27. The summed E-state index contributed by atoms with van der Waals surface area (Å²) in [5, 5.41) is 2.54. The van der Waals surface area contributed by atoms with Crippen LogP contribution in [0, 0.1) is 13.8 Å². The molecule has 0 aliphatic rings. The minimum atomic E-state index is -0.950. The number of carbonyl (C=O) groups excluding carboxylic acids is 3. The van der Waals surface area contributed by atoms with Gasteiger partial charge in [-0.15, -0.1) is 0 Å². The molecule has 1 aromatic carbocycles. The van der Waals surface area contributed by atoms with E-state index in [0.717, 1.165) is 11.1 Å². The second-order valence-corrected chi connectivity index (χ2v) is 7.77. The fourth-order valence-corrected chi connectivity index (χ4v) is 3.30. The van der Waals surface area contributed by atoms with Gasteiger partial charge in [-0.2, -0.15) is 0 Å². The van der Waals surface area contributed by atoms with Crippen LogP contribution in [-0.4, -0.2) is 42.1 Å². The first-order chi connectivity index (χ1) is 15.0. The Morgan fingerprint density at radius 1 is 1.06 bits per heavy atom. The van der Waals surface area contributed by atoms with Crippen LogP contribution in [0.5, 0.6) is 11.5 Å². The maximum absolute atomic E-state index is 12.7. The molecular formula is C24H30N2O6. The van der Waals surface area contributed by atoms with Crippen molar-refractivity contribution in [3.05, 3.63) is 52.8 Å². The lowest BCUT2D eigenvalue weighted by atomic mass is 9.91. The molecule has 0 radical (unpaired) electrons. The lowest BCUT2D eigenvalue weighted by molar-refractivity contribution is -0.151. The molecule has 0 aliphatic carbocycles. The summed E-state index contributed by atoms with van der Waals surface area (Å²) in [5.41, 5.74) is 3.22. The molecule has 0 spiro atoms. The van der Waals surface area contributed by atoms with E-state index in [1.807, 2.05) is 39.8 Å². The number of hydrogen-bond acceptors (Lipinski definition) is 7. The Labute approximate surface area is 188 Å². The lowest BCUT2D eigenvalue weighted by Crippen LogP contribution is -2.41. The number of pyridine rings is 1. The van der Waals surface area contributed by atoms with Crippen LogP contribution < -0.4 is 14.8 Å². The molecule has 0 aliphatic heterocycles. The fraction of sp³-hybridized carbons (Fsp3) is 0.417. The summed E-state index contributed by atoms with van der Waals surface area (Å²) >= 11 is 0. The molecule has 8 nitrogen and oxygen atoms in total. The first-order valence-electron chi connectivity index (χ1n) is 10.3. The highest BCUT2D eigenvalue weighted by molar-refractivity contribution is 5.98. The SMILES string of the molecule is COc1ccnc(C(=O)N[C@@H](C)C(=O)O[C@@H](C)[C@@H](C)c2ccc(C)cc2C)c1OC(C)=O. The number of ether oxygens (including phenoxy) is 3. The van der Waals surface area contributed by atoms with Crippen molar-refractivity contribution in [2.75, 3.05) is 7.11 Å². The second kappa shape index (κ2) is 10.7. The van der Waals surface area contributed by atoms with Crippen LogP contribution in [-0.2, 0) is 14.3 Å². The minimum absolute atomic E-state index is 0.0296. The lowest BCUT2D eigenvalue weighted by Gasteiger charge is -2.24. The zero-order valence-electron chi connectivity index (χ0n) is 19.5. The van der Waals surface area contributed by atoms with Crippen molar-refractivity contribution in [3.63, 3.8) is 0 Å². The number of aryl methyl sites for hydroxylation is 2. The molecule has 172 valence electrons. The number of carbonyl (C=O) groups is 3. The van der Waals surface area contributed by atoms with Gasteiger partial charge in [0.05, 0.1) is 7.11 Å². The van der Waals surface area contributed by atoms with Crippen molar-refractivity contribution in [1.29, 1.82) is 0 Å². The molecular weight excluding hydrogens is 412 g/mol. The molecule has 0 fully saturated rings. The molecule has 2 aromatic rings. The Morgan fingerprint density at radius 3 is 2.34 bits per heavy atom. The second-order valence-electron chi connectivity index (χ2n) is 7.77. The number of nitrogens with zero attached hydrogens (tertiary/aromatic N) is 1. The molecule has 1 heterocycles. The third-order valence-electron chi connectivity index (χ3n) is 5.17. The van der Waals surface area contributed by atoms with Crippen molar-refractivity contribution >= 4 is 17.8 Å². The van der Waals surface area contributed by atoms with Gasteiger partial charge in [0.25, 0.3) is 5.91 Å². The van der Waals surface area contributed by atoms with Crippen LogP contribution in [0.15, 0.2) is 30.5 Å². The number of methoxy groups -OCH3 is 1. The summed E-state index contributed by atoms with van der Waals surface area (Å²) in [6.07, 6.45) is 0.937. The van der Waals surface area contributed by atoms with Crippen LogP contribution in [0.25, 0.3) is 0 Å². The number of esters is 2.